The molecule has 0 saturated carbocycles. The summed E-state index contributed by atoms with van der Waals surface area (Å²) in [5, 5.41) is 11.2. The average Bonchev–Trinajstić information content (AvgIpc) is 2.82. The first-order valence-corrected chi connectivity index (χ1v) is 6.57. The molecule has 1 aliphatic carbocycles. The minimum atomic E-state index is -1.14. The number of fused-ring (bicyclic) bond motifs is 3. The Morgan fingerprint density at radius 1 is 1.00 bits per heavy atom. The number of hydrogen-bond acceptors (Lipinski definition) is 2. The average molecular weight is 279 g/mol. The molecule has 0 aliphatic heterocycles. The van der Waals surface area contributed by atoms with Gasteiger partial charge in [0.25, 0.3) is 0 Å². The number of benzene rings is 2. The second-order valence-corrected chi connectivity index (χ2v) is 4.87. The summed E-state index contributed by atoms with van der Waals surface area (Å²) in [6, 6.07) is 14.0. The van der Waals surface area contributed by atoms with Crippen LogP contribution in [0.5, 0.6) is 0 Å². The van der Waals surface area contributed by atoms with Crippen molar-refractivity contribution in [2.24, 2.45) is 0 Å². The van der Waals surface area contributed by atoms with E-state index in [9.17, 15) is 9.59 Å². The van der Waals surface area contributed by atoms with Crippen molar-refractivity contribution in [3.8, 4) is 11.1 Å². The van der Waals surface area contributed by atoms with E-state index >= 15 is 0 Å². The lowest BCUT2D eigenvalue weighted by atomic mass is 10.1. The summed E-state index contributed by atoms with van der Waals surface area (Å²) in [4.78, 5) is 21.9. The van der Waals surface area contributed by atoms with E-state index in [2.05, 4.69) is 17.4 Å². The van der Waals surface area contributed by atoms with E-state index in [1.165, 1.54) is 16.7 Å². The summed E-state index contributed by atoms with van der Waals surface area (Å²) in [6.07, 6.45) is 2.67. The summed E-state index contributed by atoms with van der Waals surface area (Å²) in [5.41, 5.74) is 5.53. The third kappa shape index (κ3) is 2.69. The van der Waals surface area contributed by atoms with Gasteiger partial charge in [-0.1, -0.05) is 30.3 Å². The van der Waals surface area contributed by atoms with Crippen LogP contribution in [0, 0.1) is 0 Å². The monoisotopic (exact) mass is 279 g/mol. The second kappa shape index (κ2) is 5.25. The Hall–Kier alpha value is -2.88. The highest BCUT2D eigenvalue weighted by Crippen LogP contribution is 2.37. The SMILES string of the molecule is O=C(O)C=CC(=O)Nc1ccc2c(c1)Cc1ccccc1-2. The lowest BCUT2D eigenvalue weighted by Gasteiger charge is -2.05. The van der Waals surface area contributed by atoms with Gasteiger partial charge in [-0.3, -0.25) is 4.79 Å². The number of carboxylic acid groups (broad SMARTS) is 1. The first-order valence-electron chi connectivity index (χ1n) is 6.57. The number of carbonyl (C=O) groups is 2. The minimum Gasteiger partial charge on any atom is -0.478 e. The maximum Gasteiger partial charge on any atom is 0.328 e. The number of amides is 1. The first kappa shape index (κ1) is 13.1. The van der Waals surface area contributed by atoms with Gasteiger partial charge in [-0.2, -0.15) is 0 Å². The number of hydrogen-bond donors (Lipinski definition) is 2. The van der Waals surface area contributed by atoms with Crippen molar-refractivity contribution in [2.45, 2.75) is 6.42 Å². The third-order valence-electron chi connectivity index (χ3n) is 3.44. The van der Waals surface area contributed by atoms with Crippen molar-refractivity contribution < 1.29 is 14.7 Å². The van der Waals surface area contributed by atoms with Crippen molar-refractivity contribution in [3.63, 3.8) is 0 Å². The molecule has 3 rings (SSSR count). The zero-order valence-corrected chi connectivity index (χ0v) is 11.2. The topological polar surface area (TPSA) is 66.4 Å². The Labute approximate surface area is 121 Å². The molecule has 1 aliphatic rings. The summed E-state index contributed by atoms with van der Waals surface area (Å²) in [5.74, 6) is -1.59. The van der Waals surface area contributed by atoms with E-state index in [0.717, 1.165) is 24.1 Å². The van der Waals surface area contributed by atoms with Gasteiger partial charge in [0.2, 0.25) is 5.91 Å². The van der Waals surface area contributed by atoms with E-state index < -0.39 is 11.9 Å². The molecule has 4 heteroatoms. The molecule has 0 aromatic heterocycles. The van der Waals surface area contributed by atoms with Crippen LogP contribution in [-0.2, 0) is 16.0 Å². The molecule has 0 spiro atoms. The van der Waals surface area contributed by atoms with Gasteiger partial charge in [0.1, 0.15) is 0 Å². The van der Waals surface area contributed by atoms with E-state index in [4.69, 9.17) is 5.11 Å². The van der Waals surface area contributed by atoms with Crippen LogP contribution in [-0.4, -0.2) is 17.0 Å². The Balaban J connectivity index is 1.81. The summed E-state index contributed by atoms with van der Waals surface area (Å²) in [6.45, 7) is 0. The zero-order chi connectivity index (χ0) is 14.8. The maximum absolute atomic E-state index is 11.6. The van der Waals surface area contributed by atoms with Crippen molar-refractivity contribution in [1.29, 1.82) is 0 Å². The van der Waals surface area contributed by atoms with Crippen molar-refractivity contribution >= 4 is 17.6 Å². The normalized spacial score (nSPS) is 12.0. The van der Waals surface area contributed by atoms with Gasteiger partial charge in [0, 0.05) is 17.8 Å². The molecule has 2 N–H and O–H groups in total. The van der Waals surface area contributed by atoms with Gasteiger partial charge in [-0.25, -0.2) is 4.79 Å². The van der Waals surface area contributed by atoms with Crippen LogP contribution in [0.1, 0.15) is 11.1 Å². The van der Waals surface area contributed by atoms with Crippen LogP contribution in [0.15, 0.2) is 54.6 Å². The van der Waals surface area contributed by atoms with Crippen LogP contribution < -0.4 is 5.32 Å². The first-order chi connectivity index (χ1) is 10.1. The molecule has 0 radical (unpaired) electrons. The van der Waals surface area contributed by atoms with Gasteiger partial charge in [-0.05, 0) is 40.8 Å². The highest BCUT2D eigenvalue weighted by Gasteiger charge is 2.17. The largest absolute Gasteiger partial charge is 0.478 e. The van der Waals surface area contributed by atoms with Gasteiger partial charge in [0.05, 0.1) is 0 Å². The third-order valence-corrected chi connectivity index (χ3v) is 3.44. The summed E-state index contributed by atoms with van der Waals surface area (Å²) >= 11 is 0. The minimum absolute atomic E-state index is 0.451. The van der Waals surface area contributed by atoms with E-state index in [1.807, 2.05) is 30.3 Å². The molecule has 1 amide bonds. The second-order valence-electron chi connectivity index (χ2n) is 4.87. The molecular weight excluding hydrogens is 266 g/mol. The van der Waals surface area contributed by atoms with Crippen LogP contribution >= 0.6 is 0 Å². The van der Waals surface area contributed by atoms with Crippen molar-refractivity contribution in [2.75, 3.05) is 5.32 Å². The number of nitrogens with one attached hydrogen (secondary N) is 1. The molecule has 0 atom stereocenters. The molecule has 4 nitrogen and oxygen atoms in total. The Morgan fingerprint density at radius 3 is 2.57 bits per heavy atom. The zero-order valence-electron chi connectivity index (χ0n) is 11.2. The molecule has 0 fully saturated rings. The molecule has 2 aromatic carbocycles. The summed E-state index contributed by atoms with van der Waals surface area (Å²) in [7, 11) is 0. The van der Waals surface area contributed by atoms with E-state index in [-0.39, 0.29) is 0 Å². The fourth-order valence-corrected chi connectivity index (χ4v) is 2.55. The highest BCUT2D eigenvalue weighted by molar-refractivity contribution is 6.02. The van der Waals surface area contributed by atoms with Crippen LogP contribution in [0.3, 0.4) is 0 Å². The van der Waals surface area contributed by atoms with Crippen LogP contribution in [0.25, 0.3) is 11.1 Å². The molecule has 2 aromatic rings. The lowest BCUT2D eigenvalue weighted by molar-refractivity contribution is -0.131. The Bertz CT molecular complexity index is 762. The molecular formula is C17H13NO3. The molecule has 0 heterocycles. The standard InChI is InChI=1S/C17H13NO3/c19-16(7-8-17(20)21)18-13-5-6-15-12(10-13)9-11-3-1-2-4-14(11)15/h1-8,10H,9H2,(H,18,19)(H,20,21). The van der Waals surface area contributed by atoms with Gasteiger partial charge >= 0.3 is 5.97 Å². The lowest BCUT2D eigenvalue weighted by Crippen LogP contribution is -2.08. The van der Waals surface area contributed by atoms with E-state index in [1.54, 1.807) is 0 Å². The fourth-order valence-electron chi connectivity index (χ4n) is 2.55. The van der Waals surface area contributed by atoms with Crippen molar-refractivity contribution in [3.05, 3.63) is 65.7 Å². The predicted molar refractivity (Wildman–Crippen MR) is 80.1 cm³/mol. The van der Waals surface area contributed by atoms with Gasteiger partial charge in [-0.15, -0.1) is 0 Å². The smallest absolute Gasteiger partial charge is 0.328 e. The number of aliphatic carboxylic acids is 1. The molecule has 21 heavy (non-hydrogen) atoms. The maximum atomic E-state index is 11.6. The highest BCUT2D eigenvalue weighted by atomic mass is 16.4. The number of carbonyl (C=O) groups excluding carboxylic acids is 1. The Morgan fingerprint density at radius 2 is 1.76 bits per heavy atom. The Kier molecular flexibility index (Phi) is 3.28. The molecule has 0 unspecified atom stereocenters. The molecule has 104 valence electrons. The summed E-state index contributed by atoms with van der Waals surface area (Å²) < 4.78 is 0. The van der Waals surface area contributed by atoms with Crippen LogP contribution in [0.4, 0.5) is 5.69 Å². The fraction of sp³-hybridized carbons (Fsp3) is 0.0588. The van der Waals surface area contributed by atoms with Crippen molar-refractivity contribution in [1.82, 2.24) is 0 Å². The number of anilines is 1. The number of carboxylic acids is 1. The number of rotatable bonds is 3. The van der Waals surface area contributed by atoms with Gasteiger partial charge in [0.15, 0.2) is 0 Å². The molecule has 0 saturated heterocycles. The molecule has 0 bridgehead atoms. The van der Waals surface area contributed by atoms with E-state index in [0.29, 0.717) is 5.69 Å². The van der Waals surface area contributed by atoms with Crippen LogP contribution in [0.2, 0.25) is 0 Å². The predicted octanol–water partition coefficient (Wildman–Crippen LogP) is 2.84. The quantitative estimate of drug-likeness (QED) is 0.724. The van der Waals surface area contributed by atoms with Gasteiger partial charge < -0.3 is 10.4 Å².